The van der Waals surface area contributed by atoms with Crippen molar-refractivity contribution in [2.24, 2.45) is 5.41 Å². The molecule has 0 bridgehead atoms. The molecule has 2 N–H and O–H groups in total. The molecule has 0 aromatic carbocycles. The van der Waals surface area contributed by atoms with E-state index in [1.54, 1.807) is 11.8 Å². The minimum atomic E-state index is -0.540. The number of nitrogens with one attached hydrogen (secondary N) is 1. The van der Waals surface area contributed by atoms with E-state index in [2.05, 4.69) is 5.32 Å². The van der Waals surface area contributed by atoms with Gasteiger partial charge >= 0.3 is 0 Å². The minimum absolute atomic E-state index is 0.119. The Hall–Kier alpha value is -1.10. The molecule has 0 saturated carbocycles. The Labute approximate surface area is 109 Å². The smallest absolute Gasteiger partial charge is 0.244 e. The second kappa shape index (κ2) is 5.69. The molecule has 1 rings (SSSR count). The Balaban J connectivity index is 2.53. The summed E-state index contributed by atoms with van der Waals surface area (Å²) >= 11 is 0. The highest BCUT2D eigenvalue weighted by atomic mass is 16.3. The molecule has 0 radical (unpaired) electrons. The summed E-state index contributed by atoms with van der Waals surface area (Å²) in [7, 11) is 0. The lowest BCUT2D eigenvalue weighted by Crippen LogP contribution is -2.52. The molecule has 1 saturated heterocycles. The first-order valence-corrected chi connectivity index (χ1v) is 6.49. The molecule has 2 amide bonds. The second-order valence-electron chi connectivity index (χ2n) is 6.03. The van der Waals surface area contributed by atoms with Crippen LogP contribution in [0.4, 0.5) is 0 Å². The molecule has 1 fully saturated rings. The fraction of sp³-hybridized carbons (Fsp3) is 0.846. The molecule has 1 unspecified atom stereocenters. The Morgan fingerprint density at radius 2 is 2.00 bits per heavy atom. The third-order valence-corrected chi connectivity index (χ3v) is 3.11. The topological polar surface area (TPSA) is 69.6 Å². The van der Waals surface area contributed by atoms with Crippen LogP contribution in [-0.4, -0.2) is 47.1 Å². The van der Waals surface area contributed by atoms with Crippen molar-refractivity contribution in [1.29, 1.82) is 0 Å². The Bertz CT molecular complexity index is 323. The molecule has 0 spiro atoms. The summed E-state index contributed by atoms with van der Waals surface area (Å²) in [4.78, 5) is 25.5. The number of amides is 2. The van der Waals surface area contributed by atoms with Crippen molar-refractivity contribution in [3.8, 4) is 0 Å². The fourth-order valence-corrected chi connectivity index (χ4v) is 1.90. The number of β-amino-alcohol motifs (C(OH)–C–C–N with tert-alkyl or cyclic N) is 1. The Morgan fingerprint density at radius 1 is 1.39 bits per heavy atom. The lowest BCUT2D eigenvalue weighted by molar-refractivity contribution is -0.140. The standard InChI is InChI=1S/C13H24N2O3/c1-9(14-12(18)13(2,3)4)11(17)15-7-5-6-10(16)8-15/h9-10,16H,5-8H2,1-4H3,(H,14,18)/t9?,10-/m0/s1. The maximum atomic E-state index is 12.1. The van der Waals surface area contributed by atoms with Crippen LogP contribution in [-0.2, 0) is 9.59 Å². The predicted octanol–water partition coefficient (Wildman–Crippen LogP) is 0.520. The molecule has 1 heterocycles. The van der Waals surface area contributed by atoms with Gasteiger partial charge in [0.2, 0.25) is 11.8 Å². The summed E-state index contributed by atoms with van der Waals surface area (Å²) in [6.07, 6.45) is 1.12. The minimum Gasteiger partial charge on any atom is -0.391 e. The highest BCUT2D eigenvalue weighted by Gasteiger charge is 2.29. The van der Waals surface area contributed by atoms with E-state index in [4.69, 9.17) is 0 Å². The zero-order valence-corrected chi connectivity index (χ0v) is 11.7. The van der Waals surface area contributed by atoms with Crippen molar-refractivity contribution in [3.63, 3.8) is 0 Å². The summed E-state index contributed by atoms with van der Waals surface area (Å²) in [6.45, 7) is 8.14. The molecule has 104 valence electrons. The average molecular weight is 256 g/mol. The van der Waals surface area contributed by atoms with Gasteiger partial charge in [-0.05, 0) is 19.8 Å². The highest BCUT2D eigenvalue weighted by Crippen LogP contribution is 2.14. The number of aliphatic hydroxyl groups excluding tert-OH is 1. The summed E-state index contributed by atoms with van der Waals surface area (Å²) in [5.74, 6) is -0.257. The van der Waals surface area contributed by atoms with E-state index in [-0.39, 0.29) is 11.8 Å². The number of aliphatic hydroxyl groups is 1. The normalized spacial score (nSPS) is 22.5. The van der Waals surface area contributed by atoms with Gasteiger partial charge in [0.25, 0.3) is 0 Å². The first kappa shape index (κ1) is 15.0. The maximum absolute atomic E-state index is 12.1. The van der Waals surface area contributed by atoms with Gasteiger partial charge in [0.15, 0.2) is 0 Å². The van der Waals surface area contributed by atoms with Crippen molar-refractivity contribution in [1.82, 2.24) is 10.2 Å². The number of rotatable bonds is 2. The largest absolute Gasteiger partial charge is 0.391 e. The lowest BCUT2D eigenvalue weighted by atomic mass is 9.95. The maximum Gasteiger partial charge on any atom is 0.244 e. The van der Waals surface area contributed by atoms with Crippen LogP contribution >= 0.6 is 0 Å². The SMILES string of the molecule is CC(NC(=O)C(C)(C)C)C(=O)N1CCC[C@H](O)C1. The average Bonchev–Trinajstić information content (AvgIpc) is 2.26. The van der Waals surface area contributed by atoms with Crippen LogP contribution < -0.4 is 5.32 Å². The van der Waals surface area contributed by atoms with E-state index in [1.165, 1.54) is 0 Å². The van der Waals surface area contributed by atoms with E-state index in [1.807, 2.05) is 20.8 Å². The lowest BCUT2D eigenvalue weighted by Gasteiger charge is -2.32. The van der Waals surface area contributed by atoms with E-state index < -0.39 is 17.6 Å². The van der Waals surface area contributed by atoms with Crippen LogP contribution in [0, 0.1) is 5.41 Å². The van der Waals surface area contributed by atoms with E-state index >= 15 is 0 Å². The quantitative estimate of drug-likeness (QED) is 0.757. The van der Waals surface area contributed by atoms with Crippen LogP contribution in [0.15, 0.2) is 0 Å². The molecule has 5 nitrogen and oxygen atoms in total. The van der Waals surface area contributed by atoms with Crippen LogP contribution in [0.1, 0.15) is 40.5 Å². The molecule has 5 heteroatoms. The predicted molar refractivity (Wildman–Crippen MR) is 68.9 cm³/mol. The third kappa shape index (κ3) is 3.98. The van der Waals surface area contributed by atoms with Gasteiger partial charge in [-0.15, -0.1) is 0 Å². The zero-order chi connectivity index (χ0) is 13.9. The van der Waals surface area contributed by atoms with Crippen LogP contribution in [0.2, 0.25) is 0 Å². The second-order valence-corrected chi connectivity index (χ2v) is 6.03. The molecule has 0 aromatic heterocycles. The van der Waals surface area contributed by atoms with Gasteiger partial charge in [0.1, 0.15) is 6.04 Å². The first-order valence-electron chi connectivity index (χ1n) is 6.49. The van der Waals surface area contributed by atoms with Crippen molar-refractivity contribution in [2.75, 3.05) is 13.1 Å². The number of hydrogen-bond donors (Lipinski definition) is 2. The van der Waals surface area contributed by atoms with Gasteiger partial charge in [-0.25, -0.2) is 0 Å². The van der Waals surface area contributed by atoms with Crippen LogP contribution in [0.5, 0.6) is 0 Å². The number of nitrogens with zero attached hydrogens (tertiary/aromatic N) is 1. The number of likely N-dealkylation sites (tertiary alicyclic amines) is 1. The van der Waals surface area contributed by atoms with E-state index in [0.29, 0.717) is 13.1 Å². The molecule has 0 aromatic rings. The van der Waals surface area contributed by atoms with Gasteiger partial charge in [0, 0.05) is 18.5 Å². The molecule has 18 heavy (non-hydrogen) atoms. The zero-order valence-electron chi connectivity index (χ0n) is 11.7. The van der Waals surface area contributed by atoms with Crippen molar-refractivity contribution >= 4 is 11.8 Å². The van der Waals surface area contributed by atoms with Gasteiger partial charge < -0.3 is 15.3 Å². The summed E-state index contributed by atoms with van der Waals surface area (Å²) < 4.78 is 0. The number of carbonyl (C=O) groups excluding carboxylic acids is 2. The number of carbonyl (C=O) groups is 2. The fourth-order valence-electron chi connectivity index (χ4n) is 1.90. The van der Waals surface area contributed by atoms with Gasteiger partial charge in [-0.2, -0.15) is 0 Å². The Morgan fingerprint density at radius 3 is 2.50 bits per heavy atom. The van der Waals surface area contributed by atoms with Crippen molar-refractivity contribution < 1.29 is 14.7 Å². The summed E-state index contributed by atoms with van der Waals surface area (Å²) in [5.41, 5.74) is -0.504. The van der Waals surface area contributed by atoms with Gasteiger partial charge in [-0.1, -0.05) is 20.8 Å². The van der Waals surface area contributed by atoms with Gasteiger partial charge in [0.05, 0.1) is 6.10 Å². The molecular formula is C13H24N2O3. The van der Waals surface area contributed by atoms with Crippen molar-refractivity contribution in [3.05, 3.63) is 0 Å². The summed E-state index contributed by atoms with van der Waals surface area (Å²) in [6, 6.07) is -0.540. The highest BCUT2D eigenvalue weighted by molar-refractivity contribution is 5.89. The molecular weight excluding hydrogens is 232 g/mol. The number of piperidine rings is 1. The van der Waals surface area contributed by atoms with Crippen molar-refractivity contribution in [2.45, 2.75) is 52.7 Å². The first-order chi connectivity index (χ1) is 8.21. The van der Waals surface area contributed by atoms with Crippen LogP contribution in [0.3, 0.4) is 0 Å². The van der Waals surface area contributed by atoms with Gasteiger partial charge in [-0.3, -0.25) is 9.59 Å². The third-order valence-electron chi connectivity index (χ3n) is 3.11. The molecule has 0 aliphatic carbocycles. The molecule has 1 aliphatic heterocycles. The van der Waals surface area contributed by atoms with Crippen LogP contribution in [0.25, 0.3) is 0 Å². The molecule has 1 aliphatic rings. The monoisotopic (exact) mass is 256 g/mol. The summed E-state index contributed by atoms with van der Waals surface area (Å²) in [5, 5.41) is 12.3. The van der Waals surface area contributed by atoms with E-state index in [9.17, 15) is 14.7 Å². The number of hydrogen-bond acceptors (Lipinski definition) is 3. The van der Waals surface area contributed by atoms with E-state index in [0.717, 1.165) is 12.8 Å². The Kier molecular flexibility index (Phi) is 4.73. The molecule has 2 atom stereocenters.